The zero-order chi connectivity index (χ0) is 17.3. The van der Waals surface area contributed by atoms with Crippen LogP contribution in [0.4, 0.5) is 24.5 Å². The normalized spacial score (nSPS) is 13.5. The largest absolute Gasteiger partial charge is 0.326 e. The molecule has 1 aliphatic rings. The van der Waals surface area contributed by atoms with Gasteiger partial charge in [0.05, 0.1) is 5.69 Å². The molecule has 2 amide bonds. The molecule has 2 aromatic carbocycles. The number of carbonyl (C=O) groups excluding carboxylic acids is 2. The van der Waals surface area contributed by atoms with Crippen LogP contribution in [0.2, 0.25) is 0 Å². The van der Waals surface area contributed by atoms with Gasteiger partial charge < -0.3 is 10.6 Å². The van der Waals surface area contributed by atoms with E-state index in [0.29, 0.717) is 17.8 Å². The topological polar surface area (TPSA) is 58.2 Å². The SMILES string of the molecule is O=C(Nc1cc(F)c(F)cc1F)c1cccc(NC(=O)C2CC2)c1. The fourth-order valence-corrected chi connectivity index (χ4v) is 2.14. The first-order valence-electron chi connectivity index (χ1n) is 7.31. The van der Waals surface area contributed by atoms with Crippen molar-refractivity contribution in [2.45, 2.75) is 12.8 Å². The number of carbonyl (C=O) groups is 2. The molecule has 2 N–H and O–H groups in total. The first-order valence-corrected chi connectivity index (χ1v) is 7.31. The van der Waals surface area contributed by atoms with Crippen molar-refractivity contribution >= 4 is 23.2 Å². The number of nitrogens with one attached hydrogen (secondary N) is 2. The second-order valence-electron chi connectivity index (χ2n) is 5.54. The second kappa shape index (κ2) is 6.35. The first kappa shape index (κ1) is 16.0. The molecule has 3 rings (SSSR count). The predicted molar refractivity (Wildman–Crippen MR) is 82.1 cm³/mol. The van der Waals surface area contributed by atoms with Crippen molar-refractivity contribution in [3.05, 3.63) is 59.4 Å². The van der Waals surface area contributed by atoms with E-state index in [-0.39, 0.29) is 17.4 Å². The molecule has 124 valence electrons. The summed E-state index contributed by atoms with van der Waals surface area (Å²) < 4.78 is 39.6. The summed E-state index contributed by atoms with van der Waals surface area (Å²) in [6.45, 7) is 0. The van der Waals surface area contributed by atoms with Gasteiger partial charge in [0.25, 0.3) is 5.91 Å². The van der Waals surface area contributed by atoms with E-state index in [1.54, 1.807) is 12.1 Å². The van der Waals surface area contributed by atoms with Crippen LogP contribution in [0.15, 0.2) is 36.4 Å². The maximum Gasteiger partial charge on any atom is 0.255 e. The summed E-state index contributed by atoms with van der Waals surface area (Å²) in [7, 11) is 0. The van der Waals surface area contributed by atoms with Crippen molar-refractivity contribution in [1.29, 1.82) is 0 Å². The number of anilines is 2. The quantitative estimate of drug-likeness (QED) is 0.838. The summed E-state index contributed by atoms with van der Waals surface area (Å²) in [4.78, 5) is 23.9. The molecule has 0 atom stereocenters. The van der Waals surface area contributed by atoms with E-state index in [9.17, 15) is 22.8 Å². The van der Waals surface area contributed by atoms with Crippen LogP contribution < -0.4 is 10.6 Å². The van der Waals surface area contributed by atoms with Crippen molar-refractivity contribution in [3.8, 4) is 0 Å². The van der Waals surface area contributed by atoms with E-state index in [4.69, 9.17) is 0 Å². The lowest BCUT2D eigenvalue weighted by atomic mass is 10.1. The molecule has 0 spiro atoms. The van der Waals surface area contributed by atoms with Crippen molar-refractivity contribution in [2.24, 2.45) is 5.92 Å². The van der Waals surface area contributed by atoms with E-state index in [2.05, 4.69) is 10.6 Å². The molecule has 7 heteroatoms. The van der Waals surface area contributed by atoms with Gasteiger partial charge in [0.2, 0.25) is 5.91 Å². The number of benzene rings is 2. The predicted octanol–water partition coefficient (Wildman–Crippen LogP) is 3.70. The minimum absolute atomic E-state index is 0.0127. The Morgan fingerprint density at radius 3 is 2.33 bits per heavy atom. The van der Waals surface area contributed by atoms with Gasteiger partial charge in [-0.25, -0.2) is 13.2 Å². The van der Waals surface area contributed by atoms with Gasteiger partial charge in [-0.15, -0.1) is 0 Å². The van der Waals surface area contributed by atoms with Crippen LogP contribution in [-0.4, -0.2) is 11.8 Å². The third kappa shape index (κ3) is 3.56. The Morgan fingerprint density at radius 1 is 0.917 bits per heavy atom. The van der Waals surface area contributed by atoms with Gasteiger partial charge in [-0.3, -0.25) is 9.59 Å². The number of hydrogen-bond donors (Lipinski definition) is 2. The van der Waals surface area contributed by atoms with Gasteiger partial charge in [0.15, 0.2) is 11.6 Å². The summed E-state index contributed by atoms with van der Waals surface area (Å²) in [5.74, 6) is -4.49. The van der Waals surface area contributed by atoms with Crippen molar-refractivity contribution in [2.75, 3.05) is 10.6 Å². The third-order valence-electron chi connectivity index (χ3n) is 3.60. The van der Waals surface area contributed by atoms with Gasteiger partial charge in [-0.05, 0) is 31.0 Å². The smallest absolute Gasteiger partial charge is 0.255 e. The van der Waals surface area contributed by atoms with Gasteiger partial charge in [0, 0.05) is 29.3 Å². The zero-order valence-corrected chi connectivity index (χ0v) is 12.4. The Hall–Kier alpha value is -2.83. The monoisotopic (exact) mass is 334 g/mol. The molecule has 0 saturated heterocycles. The van der Waals surface area contributed by atoms with Gasteiger partial charge >= 0.3 is 0 Å². The van der Waals surface area contributed by atoms with Gasteiger partial charge in [0.1, 0.15) is 5.82 Å². The van der Waals surface area contributed by atoms with E-state index in [0.717, 1.165) is 12.8 Å². The molecule has 24 heavy (non-hydrogen) atoms. The van der Waals surface area contributed by atoms with Crippen LogP contribution in [-0.2, 0) is 4.79 Å². The highest BCUT2D eigenvalue weighted by Gasteiger charge is 2.29. The molecular formula is C17H13F3N2O2. The second-order valence-corrected chi connectivity index (χ2v) is 5.54. The number of halogens is 3. The zero-order valence-electron chi connectivity index (χ0n) is 12.4. The Labute approximate surface area is 135 Å². The highest BCUT2D eigenvalue weighted by atomic mass is 19.2. The molecule has 1 fully saturated rings. The summed E-state index contributed by atoms with van der Waals surface area (Å²) in [5, 5.41) is 4.87. The molecule has 0 radical (unpaired) electrons. The number of hydrogen-bond acceptors (Lipinski definition) is 2. The first-order chi connectivity index (χ1) is 11.4. The van der Waals surface area contributed by atoms with Gasteiger partial charge in [-0.2, -0.15) is 0 Å². The Balaban J connectivity index is 1.75. The van der Waals surface area contributed by atoms with E-state index in [1.807, 2.05) is 0 Å². The van der Waals surface area contributed by atoms with Crippen molar-refractivity contribution in [1.82, 2.24) is 0 Å². The van der Waals surface area contributed by atoms with Crippen molar-refractivity contribution < 1.29 is 22.8 Å². The average Bonchev–Trinajstić information content (AvgIpc) is 3.37. The fourth-order valence-electron chi connectivity index (χ4n) is 2.14. The standard InChI is InChI=1S/C17H13F3N2O2/c18-12-7-14(20)15(8-13(12)19)22-17(24)10-2-1-3-11(6-10)21-16(23)9-4-5-9/h1-3,6-9H,4-5H2,(H,21,23)(H,22,24). The molecular weight excluding hydrogens is 321 g/mol. The van der Waals surface area contributed by atoms with E-state index < -0.39 is 29.0 Å². The Bertz CT molecular complexity index is 819. The van der Waals surface area contributed by atoms with Crippen LogP contribution >= 0.6 is 0 Å². The molecule has 4 nitrogen and oxygen atoms in total. The third-order valence-corrected chi connectivity index (χ3v) is 3.60. The highest BCUT2D eigenvalue weighted by Crippen LogP contribution is 2.30. The minimum Gasteiger partial charge on any atom is -0.326 e. The maximum absolute atomic E-state index is 13.6. The Kier molecular flexibility index (Phi) is 4.24. The van der Waals surface area contributed by atoms with Crippen molar-refractivity contribution in [3.63, 3.8) is 0 Å². The van der Waals surface area contributed by atoms with Crippen LogP contribution in [0.3, 0.4) is 0 Å². The number of rotatable bonds is 4. The van der Waals surface area contributed by atoms with Crippen LogP contribution in [0, 0.1) is 23.4 Å². The lowest BCUT2D eigenvalue weighted by Crippen LogP contribution is -2.16. The Morgan fingerprint density at radius 2 is 1.62 bits per heavy atom. The maximum atomic E-state index is 13.6. The minimum atomic E-state index is -1.34. The summed E-state index contributed by atoms with van der Waals surface area (Å²) in [6, 6.07) is 6.99. The molecule has 1 saturated carbocycles. The average molecular weight is 334 g/mol. The highest BCUT2D eigenvalue weighted by molar-refractivity contribution is 6.05. The fraction of sp³-hybridized carbons (Fsp3) is 0.176. The van der Waals surface area contributed by atoms with Gasteiger partial charge in [-0.1, -0.05) is 6.07 Å². The molecule has 0 heterocycles. The van der Waals surface area contributed by atoms with Crippen LogP contribution in [0.5, 0.6) is 0 Å². The van der Waals surface area contributed by atoms with Crippen LogP contribution in [0.1, 0.15) is 23.2 Å². The lowest BCUT2D eigenvalue weighted by molar-refractivity contribution is -0.117. The van der Waals surface area contributed by atoms with Crippen LogP contribution in [0.25, 0.3) is 0 Å². The lowest BCUT2D eigenvalue weighted by Gasteiger charge is -2.09. The molecule has 0 aromatic heterocycles. The summed E-state index contributed by atoms with van der Waals surface area (Å²) >= 11 is 0. The molecule has 0 bridgehead atoms. The number of amides is 2. The molecule has 0 aliphatic heterocycles. The molecule has 1 aliphatic carbocycles. The summed E-state index contributed by atoms with van der Waals surface area (Å²) in [6.07, 6.45) is 1.70. The molecule has 2 aromatic rings. The van der Waals surface area contributed by atoms with E-state index >= 15 is 0 Å². The van der Waals surface area contributed by atoms with E-state index in [1.165, 1.54) is 12.1 Å². The summed E-state index contributed by atoms with van der Waals surface area (Å²) in [5.41, 5.74) is 0.115. The molecule has 0 unspecified atom stereocenters.